The van der Waals surface area contributed by atoms with Crippen molar-refractivity contribution in [2.45, 2.75) is 17.4 Å². The van der Waals surface area contributed by atoms with Gasteiger partial charge < -0.3 is 0 Å². The fraction of sp³-hybridized carbons (Fsp3) is 0.136. The molecule has 4 rings (SSSR count). The number of hydrogen-bond acceptors (Lipinski definition) is 5. The zero-order valence-corrected chi connectivity index (χ0v) is 18.9. The minimum absolute atomic E-state index is 0.180. The molecule has 0 aromatic heterocycles. The van der Waals surface area contributed by atoms with Crippen LogP contribution in [0.25, 0.3) is 0 Å². The first-order chi connectivity index (χ1) is 15.5. The first kappa shape index (κ1) is 22.9. The average Bonchev–Trinajstić information content (AvgIpc) is 3.20. The van der Waals surface area contributed by atoms with E-state index in [1.165, 1.54) is 48.5 Å². The molecular formula is C22H19F2N3O4S2. The van der Waals surface area contributed by atoms with Crippen LogP contribution in [0.3, 0.4) is 0 Å². The molecule has 7 nitrogen and oxygen atoms in total. The number of nitrogens with one attached hydrogen (secondary N) is 1. The molecule has 0 bridgehead atoms. The van der Waals surface area contributed by atoms with Crippen LogP contribution in [-0.4, -0.2) is 33.2 Å². The van der Waals surface area contributed by atoms with Gasteiger partial charge in [0.1, 0.15) is 11.6 Å². The van der Waals surface area contributed by atoms with Gasteiger partial charge in [0.05, 0.1) is 22.9 Å². The van der Waals surface area contributed by atoms with Crippen LogP contribution in [0.15, 0.2) is 82.8 Å². The number of hydrazone groups is 1. The van der Waals surface area contributed by atoms with E-state index >= 15 is 0 Å². The molecule has 3 aromatic rings. The van der Waals surface area contributed by atoms with Crippen LogP contribution in [0.2, 0.25) is 0 Å². The van der Waals surface area contributed by atoms with Crippen molar-refractivity contribution in [3.05, 3.63) is 95.6 Å². The topological polar surface area (TPSA) is 95.9 Å². The molecule has 0 aliphatic carbocycles. The SMILES string of the molecule is CS(=O)(=O)Nc1ccc(C2=NN(S(=O)(=O)c3cccc(F)c3)[C@H](c3ccc(F)cc3)C2)cc1. The number of rotatable bonds is 6. The van der Waals surface area contributed by atoms with E-state index in [1.54, 1.807) is 12.1 Å². The number of benzene rings is 3. The van der Waals surface area contributed by atoms with Crippen LogP contribution in [-0.2, 0) is 20.0 Å². The van der Waals surface area contributed by atoms with E-state index in [-0.39, 0.29) is 11.3 Å². The van der Waals surface area contributed by atoms with E-state index in [4.69, 9.17) is 0 Å². The number of nitrogens with zero attached hydrogens (tertiary/aromatic N) is 2. The van der Waals surface area contributed by atoms with Crippen molar-refractivity contribution < 1.29 is 25.6 Å². The van der Waals surface area contributed by atoms with E-state index in [2.05, 4.69) is 9.82 Å². The highest BCUT2D eigenvalue weighted by molar-refractivity contribution is 7.92. The maximum absolute atomic E-state index is 13.7. The molecule has 3 aromatic carbocycles. The molecule has 1 atom stereocenters. The normalized spacial score (nSPS) is 16.5. The first-order valence-electron chi connectivity index (χ1n) is 9.74. The Labute approximate surface area is 190 Å². The molecule has 1 aliphatic heterocycles. The van der Waals surface area contributed by atoms with Gasteiger partial charge in [-0.15, -0.1) is 0 Å². The summed E-state index contributed by atoms with van der Waals surface area (Å²) in [6.07, 6.45) is 1.21. The fourth-order valence-electron chi connectivity index (χ4n) is 3.50. The van der Waals surface area contributed by atoms with E-state index in [1.807, 2.05) is 0 Å². The first-order valence-corrected chi connectivity index (χ1v) is 13.1. The largest absolute Gasteiger partial charge is 0.284 e. The Morgan fingerprint density at radius 2 is 1.58 bits per heavy atom. The molecule has 1 heterocycles. The lowest BCUT2D eigenvalue weighted by Crippen LogP contribution is -2.27. The molecule has 0 amide bonds. The van der Waals surface area contributed by atoms with Crippen LogP contribution in [0, 0.1) is 11.6 Å². The highest BCUT2D eigenvalue weighted by Crippen LogP contribution is 2.37. The van der Waals surface area contributed by atoms with Gasteiger partial charge in [-0.2, -0.15) is 17.9 Å². The Morgan fingerprint density at radius 3 is 2.18 bits per heavy atom. The second-order valence-electron chi connectivity index (χ2n) is 7.50. The van der Waals surface area contributed by atoms with Gasteiger partial charge >= 0.3 is 0 Å². The number of hydrogen-bond donors (Lipinski definition) is 1. The number of halogens is 2. The smallest absolute Gasteiger partial charge is 0.279 e. The summed E-state index contributed by atoms with van der Waals surface area (Å²) in [5.74, 6) is -1.17. The van der Waals surface area contributed by atoms with E-state index in [9.17, 15) is 25.6 Å². The zero-order valence-electron chi connectivity index (χ0n) is 17.3. The monoisotopic (exact) mass is 491 g/mol. The van der Waals surface area contributed by atoms with Gasteiger partial charge in [0.2, 0.25) is 10.0 Å². The van der Waals surface area contributed by atoms with Crippen molar-refractivity contribution in [2.24, 2.45) is 5.10 Å². The average molecular weight is 492 g/mol. The lowest BCUT2D eigenvalue weighted by atomic mass is 9.99. The molecule has 1 N–H and O–H groups in total. The molecule has 0 radical (unpaired) electrons. The molecule has 172 valence electrons. The zero-order chi connectivity index (χ0) is 23.8. The van der Waals surface area contributed by atoms with Gasteiger partial charge in [-0.25, -0.2) is 17.2 Å². The standard InChI is InChI=1S/C22H19F2N3O4S2/c1-32(28,29)26-19-11-7-15(8-12-19)21-14-22(16-5-9-17(23)10-6-16)27(25-21)33(30,31)20-4-2-3-18(24)13-20/h2-13,22,26H,14H2,1H3/t22-/m0/s1. The van der Waals surface area contributed by atoms with Crippen LogP contribution in [0.4, 0.5) is 14.5 Å². The van der Waals surface area contributed by atoms with E-state index in [0.717, 1.165) is 22.8 Å². The van der Waals surface area contributed by atoms with Crippen molar-refractivity contribution in [1.82, 2.24) is 4.41 Å². The molecule has 0 unspecified atom stereocenters. The molecule has 0 saturated carbocycles. The van der Waals surface area contributed by atoms with Crippen LogP contribution in [0.1, 0.15) is 23.6 Å². The molecular weight excluding hydrogens is 472 g/mol. The lowest BCUT2D eigenvalue weighted by molar-refractivity contribution is 0.371. The fourth-order valence-corrected chi connectivity index (χ4v) is 5.53. The molecule has 0 spiro atoms. The minimum atomic E-state index is -4.22. The summed E-state index contributed by atoms with van der Waals surface area (Å²) in [5.41, 5.74) is 1.87. The Balaban J connectivity index is 1.74. The second-order valence-corrected chi connectivity index (χ2v) is 11.0. The third-order valence-corrected chi connectivity index (χ3v) is 7.27. The number of sulfonamides is 2. The maximum atomic E-state index is 13.7. The molecule has 0 saturated heterocycles. The Morgan fingerprint density at radius 1 is 0.909 bits per heavy atom. The highest BCUT2D eigenvalue weighted by Gasteiger charge is 2.37. The quantitative estimate of drug-likeness (QED) is 0.566. The van der Waals surface area contributed by atoms with Gasteiger partial charge in [0.25, 0.3) is 10.0 Å². The minimum Gasteiger partial charge on any atom is -0.284 e. The molecule has 11 heteroatoms. The van der Waals surface area contributed by atoms with Crippen molar-refractivity contribution >= 4 is 31.4 Å². The summed E-state index contributed by atoms with van der Waals surface area (Å²) in [4.78, 5) is -0.257. The van der Waals surface area contributed by atoms with Gasteiger partial charge in [-0.1, -0.05) is 30.3 Å². The van der Waals surface area contributed by atoms with Crippen molar-refractivity contribution in [2.75, 3.05) is 11.0 Å². The number of anilines is 1. The molecule has 1 aliphatic rings. The summed E-state index contributed by atoms with van der Waals surface area (Å²) < 4.78 is 79.9. The van der Waals surface area contributed by atoms with Gasteiger partial charge in [0, 0.05) is 12.1 Å². The highest BCUT2D eigenvalue weighted by atomic mass is 32.2. The molecule has 33 heavy (non-hydrogen) atoms. The van der Waals surface area contributed by atoms with Crippen molar-refractivity contribution in [3.63, 3.8) is 0 Å². The summed E-state index contributed by atoms with van der Waals surface area (Å²) in [5, 5.41) is 4.33. The molecule has 0 fully saturated rings. The lowest BCUT2D eigenvalue weighted by Gasteiger charge is -2.23. The van der Waals surface area contributed by atoms with Gasteiger partial charge in [-0.3, -0.25) is 4.72 Å². The summed E-state index contributed by atoms with van der Waals surface area (Å²) >= 11 is 0. The Bertz CT molecular complexity index is 1420. The van der Waals surface area contributed by atoms with Crippen LogP contribution in [0.5, 0.6) is 0 Å². The maximum Gasteiger partial charge on any atom is 0.279 e. The predicted octanol–water partition coefficient (Wildman–Crippen LogP) is 3.88. The van der Waals surface area contributed by atoms with Gasteiger partial charge in [0.15, 0.2) is 0 Å². The van der Waals surface area contributed by atoms with E-state index < -0.39 is 37.7 Å². The summed E-state index contributed by atoms with van der Waals surface area (Å²) in [6, 6.07) is 15.6. The second kappa shape index (κ2) is 8.56. The predicted molar refractivity (Wildman–Crippen MR) is 121 cm³/mol. The van der Waals surface area contributed by atoms with Crippen molar-refractivity contribution in [1.29, 1.82) is 0 Å². The third kappa shape index (κ3) is 5.04. The van der Waals surface area contributed by atoms with Crippen LogP contribution >= 0.6 is 0 Å². The van der Waals surface area contributed by atoms with Gasteiger partial charge in [-0.05, 0) is 53.6 Å². The third-order valence-electron chi connectivity index (χ3n) is 4.99. The summed E-state index contributed by atoms with van der Waals surface area (Å²) in [7, 11) is -7.67. The van der Waals surface area contributed by atoms with Crippen molar-refractivity contribution in [3.8, 4) is 0 Å². The van der Waals surface area contributed by atoms with E-state index in [0.29, 0.717) is 22.5 Å². The Hall–Kier alpha value is -3.31. The Kier molecular flexibility index (Phi) is 5.93. The van der Waals surface area contributed by atoms with Crippen LogP contribution < -0.4 is 4.72 Å². The summed E-state index contributed by atoms with van der Waals surface area (Å²) in [6.45, 7) is 0.